The second-order valence-electron chi connectivity index (χ2n) is 9.24. The molecule has 8 nitrogen and oxygen atoms in total. The van der Waals surface area contributed by atoms with E-state index in [-0.39, 0.29) is 28.4 Å². The Labute approximate surface area is 218 Å². The minimum absolute atomic E-state index is 0.0666. The van der Waals surface area contributed by atoms with Crippen molar-refractivity contribution in [1.82, 2.24) is 10.2 Å². The molecule has 0 unspecified atom stereocenters. The monoisotopic (exact) mass is 552 g/mol. The number of nitrogens with one attached hydrogen (secondary N) is 1. The summed E-state index contributed by atoms with van der Waals surface area (Å²) in [4.78, 5) is 14.8. The van der Waals surface area contributed by atoms with Gasteiger partial charge in [-0.2, -0.15) is 8.42 Å². The summed E-state index contributed by atoms with van der Waals surface area (Å²) in [7, 11) is -4.02. The summed E-state index contributed by atoms with van der Waals surface area (Å²) in [6.45, 7) is 4.89. The number of ether oxygens (including phenoxy) is 1. The lowest BCUT2D eigenvalue weighted by Crippen LogP contribution is -2.57. The Morgan fingerprint density at radius 2 is 1.66 bits per heavy atom. The van der Waals surface area contributed by atoms with Gasteiger partial charge in [0.25, 0.3) is 16.0 Å². The van der Waals surface area contributed by atoms with E-state index in [4.69, 9.17) is 8.97 Å². The molecule has 0 radical (unpaired) electrons. The number of hydrogen-bond donors (Lipinski definition) is 2. The van der Waals surface area contributed by atoms with Gasteiger partial charge in [-0.15, -0.1) is 13.2 Å². The number of fused-ring (bicyclic) bond motifs is 3. The maximum Gasteiger partial charge on any atom is 0.573 e. The van der Waals surface area contributed by atoms with Gasteiger partial charge in [-0.25, -0.2) is 0 Å². The Kier molecular flexibility index (Phi) is 8.14. The van der Waals surface area contributed by atoms with Crippen LogP contribution in [0.4, 0.5) is 13.2 Å². The van der Waals surface area contributed by atoms with Gasteiger partial charge in [0.05, 0.1) is 4.90 Å². The zero-order valence-corrected chi connectivity index (χ0v) is 21.3. The molecule has 6 rings (SSSR count). The fourth-order valence-corrected chi connectivity index (χ4v) is 4.99. The van der Waals surface area contributed by atoms with Gasteiger partial charge in [-0.05, 0) is 87.3 Å². The second-order valence-corrected chi connectivity index (χ2v) is 10.7. The number of nitrogens with zero attached hydrogens (tertiary/aromatic N) is 1. The van der Waals surface area contributed by atoms with Crippen LogP contribution in [0.25, 0.3) is 11.3 Å². The number of carbonyl (C=O) groups is 1. The molecule has 0 spiro atoms. The van der Waals surface area contributed by atoms with Crippen LogP contribution in [0, 0.1) is 12.8 Å². The highest BCUT2D eigenvalue weighted by molar-refractivity contribution is 7.85. The maximum absolute atomic E-state index is 12.5. The summed E-state index contributed by atoms with van der Waals surface area (Å²) in [5.74, 6) is 0.536. The molecule has 3 aromatic rings. The van der Waals surface area contributed by atoms with Crippen molar-refractivity contribution in [1.29, 1.82) is 0 Å². The van der Waals surface area contributed by atoms with Crippen LogP contribution >= 0.6 is 0 Å². The SMILES string of the molecule is Cc1ccc(S(=O)(=O)O)cc1.O=C(N[C@H]1CN2CCC1CC2)c1ccc(-c2ccc(OC(F)(F)F)cc2)o1. The third-order valence-corrected chi connectivity index (χ3v) is 7.36. The van der Waals surface area contributed by atoms with E-state index in [0.717, 1.165) is 38.0 Å². The molecule has 3 fully saturated rings. The molecule has 2 bridgehead atoms. The largest absolute Gasteiger partial charge is 0.573 e. The lowest BCUT2D eigenvalue weighted by molar-refractivity contribution is -0.274. The predicted octanol–water partition coefficient (Wildman–Crippen LogP) is 4.91. The number of halogens is 3. The van der Waals surface area contributed by atoms with E-state index in [2.05, 4.69) is 15.0 Å². The maximum atomic E-state index is 12.5. The Balaban J connectivity index is 0.000000257. The molecule has 1 atom stereocenters. The number of furan rings is 1. The van der Waals surface area contributed by atoms with Crippen LogP contribution in [-0.2, 0) is 10.1 Å². The van der Waals surface area contributed by atoms with Crippen molar-refractivity contribution in [2.75, 3.05) is 19.6 Å². The van der Waals surface area contributed by atoms with Gasteiger partial charge in [0.1, 0.15) is 11.5 Å². The van der Waals surface area contributed by atoms with Crippen molar-refractivity contribution in [2.45, 2.75) is 37.1 Å². The van der Waals surface area contributed by atoms with Gasteiger partial charge in [-0.3, -0.25) is 9.35 Å². The molecule has 1 aromatic heterocycles. The lowest BCUT2D eigenvalue weighted by Gasteiger charge is -2.44. The number of aryl methyl sites for hydroxylation is 1. The van der Waals surface area contributed by atoms with Crippen molar-refractivity contribution >= 4 is 16.0 Å². The summed E-state index contributed by atoms with van der Waals surface area (Å²) in [6.07, 6.45) is -2.53. The first-order valence-corrected chi connectivity index (χ1v) is 13.3. The molecule has 2 N–H and O–H groups in total. The number of carbonyl (C=O) groups excluding carboxylic acids is 1. The van der Waals surface area contributed by atoms with Crippen molar-refractivity contribution < 1.29 is 40.1 Å². The number of hydrogen-bond acceptors (Lipinski definition) is 6. The van der Waals surface area contributed by atoms with E-state index >= 15 is 0 Å². The third-order valence-electron chi connectivity index (χ3n) is 6.49. The van der Waals surface area contributed by atoms with Crippen molar-refractivity contribution in [3.8, 4) is 17.1 Å². The Morgan fingerprint density at radius 1 is 1.03 bits per heavy atom. The highest BCUT2D eigenvalue weighted by atomic mass is 32.2. The van der Waals surface area contributed by atoms with Gasteiger partial charge < -0.3 is 19.4 Å². The first-order valence-electron chi connectivity index (χ1n) is 11.9. The van der Waals surface area contributed by atoms with Gasteiger partial charge in [-0.1, -0.05) is 17.7 Å². The predicted molar refractivity (Wildman–Crippen MR) is 132 cm³/mol. The molecule has 38 heavy (non-hydrogen) atoms. The zero-order chi connectivity index (χ0) is 27.5. The molecule has 3 aliphatic heterocycles. The van der Waals surface area contributed by atoms with Crippen LogP contribution in [0.5, 0.6) is 5.75 Å². The van der Waals surface area contributed by atoms with Crippen LogP contribution in [0.2, 0.25) is 0 Å². The number of rotatable bonds is 5. The fraction of sp³-hybridized carbons (Fsp3) is 0.346. The third kappa shape index (κ3) is 7.36. The first kappa shape index (κ1) is 27.7. The summed E-state index contributed by atoms with van der Waals surface area (Å²) < 4.78 is 75.7. The topological polar surface area (TPSA) is 109 Å². The highest BCUT2D eigenvalue weighted by Gasteiger charge is 2.35. The molecule has 3 aliphatic rings. The van der Waals surface area contributed by atoms with Gasteiger partial charge in [0.15, 0.2) is 5.76 Å². The molecular formula is C26H27F3N2O6S. The minimum atomic E-state index is -4.73. The minimum Gasteiger partial charge on any atom is -0.451 e. The summed E-state index contributed by atoms with van der Waals surface area (Å²) in [5.41, 5.74) is 1.52. The molecule has 2 aromatic carbocycles. The van der Waals surface area contributed by atoms with Gasteiger partial charge in [0, 0.05) is 18.2 Å². The summed E-state index contributed by atoms with van der Waals surface area (Å²) >= 11 is 0. The number of alkyl halides is 3. The van der Waals surface area contributed by atoms with E-state index in [1.165, 1.54) is 36.4 Å². The van der Waals surface area contributed by atoms with Gasteiger partial charge >= 0.3 is 6.36 Å². The zero-order valence-electron chi connectivity index (χ0n) is 20.4. The van der Waals surface area contributed by atoms with Crippen LogP contribution in [-0.4, -0.2) is 55.8 Å². The quantitative estimate of drug-likeness (QED) is 0.433. The standard InChI is InChI=1S/C19H19F3N2O3.C7H8O3S/c20-19(21,22)27-14-3-1-13(2-4-14)16-5-6-17(26-16)18(25)23-15-11-24-9-7-12(15)8-10-24;1-6-2-4-7(5-3-6)11(8,9)10/h1-6,12,15H,7-11H2,(H,23,25);2-5H,1H3,(H,8,9,10)/t15-;/m0./s1. The summed E-state index contributed by atoms with van der Waals surface area (Å²) in [5, 5.41) is 3.05. The smallest absolute Gasteiger partial charge is 0.451 e. The lowest BCUT2D eigenvalue weighted by atomic mass is 9.84. The Hall–Kier alpha value is -3.35. The average Bonchev–Trinajstić information content (AvgIpc) is 3.35. The molecule has 1 amide bonds. The Bertz CT molecular complexity index is 1350. The summed E-state index contributed by atoms with van der Waals surface area (Å²) in [6, 6.07) is 14.6. The average molecular weight is 553 g/mol. The second kappa shape index (κ2) is 11.2. The van der Waals surface area contributed by atoms with E-state index in [9.17, 15) is 26.4 Å². The van der Waals surface area contributed by atoms with Crippen molar-refractivity contribution in [3.05, 3.63) is 72.0 Å². The molecular weight excluding hydrogens is 525 g/mol. The number of benzene rings is 2. The van der Waals surface area contributed by atoms with Crippen molar-refractivity contribution in [3.63, 3.8) is 0 Å². The Morgan fingerprint density at radius 3 is 2.18 bits per heavy atom. The van der Waals surface area contributed by atoms with Crippen molar-refractivity contribution in [2.24, 2.45) is 5.92 Å². The molecule has 0 aliphatic carbocycles. The molecule has 12 heteroatoms. The molecule has 3 saturated heterocycles. The number of piperidine rings is 3. The number of amides is 1. The molecule has 4 heterocycles. The van der Waals surface area contributed by atoms with Crippen LogP contribution in [0.15, 0.2) is 70.0 Å². The van der Waals surface area contributed by atoms with E-state index < -0.39 is 16.5 Å². The normalized spacial score (nSPS) is 20.8. The van der Waals surface area contributed by atoms with Crippen LogP contribution < -0.4 is 10.1 Å². The first-order chi connectivity index (χ1) is 17.9. The van der Waals surface area contributed by atoms with E-state index in [1.54, 1.807) is 24.3 Å². The van der Waals surface area contributed by atoms with Gasteiger partial charge in [0.2, 0.25) is 0 Å². The van der Waals surface area contributed by atoms with Crippen LogP contribution in [0.3, 0.4) is 0 Å². The molecule has 0 saturated carbocycles. The molecule has 204 valence electrons. The highest BCUT2D eigenvalue weighted by Crippen LogP contribution is 2.29. The van der Waals surface area contributed by atoms with E-state index in [1.807, 2.05) is 6.92 Å². The fourth-order valence-electron chi connectivity index (χ4n) is 4.51. The van der Waals surface area contributed by atoms with Crippen LogP contribution in [0.1, 0.15) is 29.0 Å². The van der Waals surface area contributed by atoms with E-state index in [0.29, 0.717) is 17.2 Å².